The van der Waals surface area contributed by atoms with Gasteiger partial charge < -0.3 is 4.74 Å². The molecule has 22 heavy (non-hydrogen) atoms. The monoisotopic (exact) mass is 311 g/mol. The third kappa shape index (κ3) is 3.32. The Kier molecular flexibility index (Phi) is 4.20. The fourth-order valence-corrected chi connectivity index (χ4v) is 2.49. The van der Waals surface area contributed by atoms with Crippen molar-refractivity contribution in [3.05, 3.63) is 41.4 Å². The van der Waals surface area contributed by atoms with Crippen LogP contribution < -0.4 is 0 Å². The lowest BCUT2D eigenvalue weighted by atomic mass is 10.2. The molecule has 0 radical (unpaired) electrons. The fourth-order valence-electron chi connectivity index (χ4n) is 2.49. The van der Waals surface area contributed by atoms with E-state index in [2.05, 4.69) is 15.7 Å². The summed E-state index contributed by atoms with van der Waals surface area (Å²) in [6, 6.07) is 1.09. The van der Waals surface area contributed by atoms with Crippen LogP contribution in [0.5, 0.6) is 0 Å². The molecule has 2 heterocycles. The number of rotatable bonds is 4. The van der Waals surface area contributed by atoms with Crippen LogP contribution in [0.4, 0.5) is 13.2 Å². The van der Waals surface area contributed by atoms with Crippen molar-refractivity contribution in [1.29, 1.82) is 0 Å². The Balaban J connectivity index is 1.80. The van der Waals surface area contributed by atoms with Crippen molar-refractivity contribution in [3.8, 4) is 0 Å². The standard InChI is InChI=1S/C15H16F3N3O/c16-15(17,18)14-11-13(12-3-1-2-4-12)21(19-14)6-5-20-7-9-22-10-8-20/h1-3,11H,5-10H2. The Labute approximate surface area is 126 Å². The van der Waals surface area contributed by atoms with Gasteiger partial charge in [0.25, 0.3) is 0 Å². The molecule has 4 nitrogen and oxygen atoms in total. The maximum atomic E-state index is 12.9. The largest absolute Gasteiger partial charge is 0.435 e. The van der Waals surface area contributed by atoms with Gasteiger partial charge in [-0.2, -0.15) is 18.3 Å². The van der Waals surface area contributed by atoms with Crippen molar-refractivity contribution in [2.45, 2.75) is 12.7 Å². The topological polar surface area (TPSA) is 30.3 Å². The van der Waals surface area contributed by atoms with Crippen molar-refractivity contribution < 1.29 is 17.9 Å². The van der Waals surface area contributed by atoms with E-state index in [9.17, 15) is 13.2 Å². The van der Waals surface area contributed by atoms with E-state index in [4.69, 9.17) is 4.74 Å². The zero-order valence-electron chi connectivity index (χ0n) is 11.9. The second kappa shape index (κ2) is 6.12. The van der Waals surface area contributed by atoms with Gasteiger partial charge in [0, 0.05) is 25.2 Å². The number of ether oxygens (including phenoxy) is 1. The van der Waals surface area contributed by atoms with E-state index < -0.39 is 11.9 Å². The molecule has 1 aromatic heterocycles. The van der Waals surface area contributed by atoms with Crippen molar-refractivity contribution in [1.82, 2.24) is 14.7 Å². The molecule has 0 aromatic carbocycles. The van der Waals surface area contributed by atoms with Gasteiger partial charge in [-0.05, 0) is 18.2 Å². The summed E-state index contributed by atoms with van der Waals surface area (Å²) < 4.78 is 45.4. The first kappa shape index (κ1) is 15.1. The number of halogens is 3. The van der Waals surface area contributed by atoms with E-state index in [-0.39, 0.29) is 0 Å². The molecule has 1 aliphatic heterocycles. The lowest BCUT2D eigenvalue weighted by Crippen LogP contribution is -2.38. The van der Waals surface area contributed by atoms with E-state index in [0.717, 1.165) is 19.2 Å². The predicted molar refractivity (Wildman–Crippen MR) is 75.1 cm³/mol. The maximum absolute atomic E-state index is 12.9. The van der Waals surface area contributed by atoms with Crippen LogP contribution in [0.1, 0.15) is 11.4 Å². The lowest BCUT2D eigenvalue weighted by molar-refractivity contribution is -0.141. The van der Waals surface area contributed by atoms with E-state index in [1.807, 2.05) is 0 Å². The van der Waals surface area contributed by atoms with Crippen LogP contribution in [0.25, 0.3) is 5.57 Å². The average molecular weight is 311 g/mol. The molecule has 1 saturated heterocycles. The van der Waals surface area contributed by atoms with Gasteiger partial charge in [0.05, 0.1) is 25.5 Å². The number of nitrogens with zero attached hydrogens (tertiary/aromatic N) is 3. The van der Waals surface area contributed by atoms with Crippen LogP contribution in [0.2, 0.25) is 0 Å². The highest BCUT2D eigenvalue weighted by Gasteiger charge is 2.35. The summed E-state index contributed by atoms with van der Waals surface area (Å²) in [6.07, 6.45) is 0.734. The normalized spacial score (nSPS) is 19.0. The van der Waals surface area contributed by atoms with Gasteiger partial charge in [0.15, 0.2) is 5.69 Å². The Hall–Kier alpha value is -1.82. The number of alkyl halides is 3. The van der Waals surface area contributed by atoms with Crippen molar-refractivity contribution in [2.75, 3.05) is 32.8 Å². The number of hydrogen-bond donors (Lipinski definition) is 0. The molecule has 1 aliphatic carbocycles. The summed E-state index contributed by atoms with van der Waals surface area (Å²) in [5, 5.41) is 3.74. The van der Waals surface area contributed by atoms with Gasteiger partial charge in [0.2, 0.25) is 0 Å². The van der Waals surface area contributed by atoms with Crippen LogP contribution in [0.15, 0.2) is 30.0 Å². The van der Waals surface area contributed by atoms with Gasteiger partial charge in [-0.25, -0.2) is 0 Å². The van der Waals surface area contributed by atoms with Gasteiger partial charge >= 0.3 is 6.18 Å². The highest BCUT2D eigenvalue weighted by molar-refractivity contribution is 5.74. The minimum absolute atomic E-state index is 0.407. The van der Waals surface area contributed by atoms with E-state index in [1.54, 1.807) is 18.2 Å². The Morgan fingerprint density at radius 1 is 1.23 bits per heavy atom. The third-order valence-electron chi connectivity index (χ3n) is 3.68. The molecule has 118 valence electrons. The summed E-state index contributed by atoms with van der Waals surface area (Å²) >= 11 is 0. The molecule has 7 heteroatoms. The summed E-state index contributed by atoms with van der Waals surface area (Å²) in [5.74, 6) is 0. The molecule has 0 amide bonds. The van der Waals surface area contributed by atoms with E-state index in [0.29, 0.717) is 37.6 Å². The van der Waals surface area contributed by atoms with Gasteiger partial charge in [-0.15, -0.1) is 5.73 Å². The quantitative estimate of drug-likeness (QED) is 0.800. The Morgan fingerprint density at radius 2 is 2.00 bits per heavy atom. The second-order valence-electron chi connectivity index (χ2n) is 5.17. The first-order valence-electron chi connectivity index (χ1n) is 7.13. The van der Waals surface area contributed by atoms with Gasteiger partial charge in [-0.1, -0.05) is 6.08 Å². The van der Waals surface area contributed by atoms with Crippen LogP contribution in [-0.4, -0.2) is 47.5 Å². The van der Waals surface area contributed by atoms with Crippen LogP contribution in [0.3, 0.4) is 0 Å². The number of morpholine rings is 1. The molecule has 1 fully saturated rings. The highest BCUT2D eigenvalue weighted by atomic mass is 19.4. The van der Waals surface area contributed by atoms with Crippen molar-refractivity contribution in [2.24, 2.45) is 0 Å². The molecule has 0 atom stereocenters. The smallest absolute Gasteiger partial charge is 0.379 e. The van der Waals surface area contributed by atoms with Gasteiger partial charge in [0.1, 0.15) is 0 Å². The van der Waals surface area contributed by atoms with Crippen LogP contribution in [0, 0.1) is 0 Å². The SMILES string of the molecule is FC(F)(F)c1cc(C2=C=CC=C2)n(CCN2CCOCC2)n1. The molecule has 1 aromatic rings. The zero-order valence-corrected chi connectivity index (χ0v) is 11.9. The average Bonchev–Trinajstić information content (AvgIpc) is 3.14. The summed E-state index contributed by atoms with van der Waals surface area (Å²) in [5.41, 5.74) is 3.15. The molecular weight excluding hydrogens is 295 g/mol. The minimum Gasteiger partial charge on any atom is -0.379 e. The summed E-state index contributed by atoms with van der Waals surface area (Å²) in [7, 11) is 0. The van der Waals surface area contributed by atoms with Crippen LogP contribution in [-0.2, 0) is 17.5 Å². The molecule has 0 unspecified atom stereocenters. The highest BCUT2D eigenvalue weighted by Crippen LogP contribution is 2.31. The molecule has 2 aliphatic rings. The summed E-state index contributed by atoms with van der Waals surface area (Å²) in [4.78, 5) is 2.16. The van der Waals surface area contributed by atoms with Crippen LogP contribution >= 0.6 is 0 Å². The molecule has 0 bridgehead atoms. The van der Waals surface area contributed by atoms with E-state index in [1.165, 1.54) is 4.68 Å². The number of aromatic nitrogens is 2. The van der Waals surface area contributed by atoms with Crippen molar-refractivity contribution in [3.63, 3.8) is 0 Å². The predicted octanol–water partition coefficient (Wildman–Crippen LogP) is 2.34. The lowest BCUT2D eigenvalue weighted by Gasteiger charge is -2.26. The van der Waals surface area contributed by atoms with Crippen molar-refractivity contribution >= 4 is 5.57 Å². The molecule has 0 saturated carbocycles. The first-order chi connectivity index (χ1) is 10.5. The second-order valence-corrected chi connectivity index (χ2v) is 5.17. The first-order valence-corrected chi connectivity index (χ1v) is 7.13. The number of hydrogen-bond acceptors (Lipinski definition) is 3. The number of allylic oxidation sites excluding steroid dienone is 3. The molecule has 0 N–H and O–H groups in total. The Bertz CT molecular complexity index is 633. The van der Waals surface area contributed by atoms with E-state index >= 15 is 0 Å². The van der Waals surface area contributed by atoms with Gasteiger partial charge in [-0.3, -0.25) is 9.58 Å². The maximum Gasteiger partial charge on any atom is 0.435 e. The zero-order chi connectivity index (χ0) is 15.6. The Morgan fingerprint density at radius 3 is 2.64 bits per heavy atom. The molecule has 3 rings (SSSR count). The molecular formula is C15H16F3N3O. The minimum atomic E-state index is -4.44. The molecule has 0 spiro atoms. The third-order valence-corrected chi connectivity index (χ3v) is 3.68. The summed E-state index contributed by atoms with van der Waals surface area (Å²) in [6.45, 7) is 3.98. The fraction of sp³-hybridized carbons (Fsp3) is 0.467.